The van der Waals surface area contributed by atoms with Gasteiger partial charge in [0.05, 0.1) is 17.9 Å². The van der Waals surface area contributed by atoms with Crippen LogP contribution in [0.25, 0.3) is 0 Å². The van der Waals surface area contributed by atoms with Gasteiger partial charge in [0.1, 0.15) is 11.6 Å². The van der Waals surface area contributed by atoms with Crippen LogP contribution in [0.5, 0.6) is 0 Å². The lowest BCUT2D eigenvalue weighted by Gasteiger charge is -2.10. The summed E-state index contributed by atoms with van der Waals surface area (Å²) in [6.07, 6.45) is 0. The largest absolute Gasteiger partial charge is 0.483 e. The molecule has 0 aromatic carbocycles. The Balaban J connectivity index is 3.14. The number of rotatable bonds is 2. The summed E-state index contributed by atoms with van der Waals surface area (Å²) in [6, 6.07) is 0. The molecule has 0 fully saturated rings. The van der Waals surface area contributed by atoms with Gasteiger partial charge in [0, 0.05) is 0 Å². The fourth-order valence-corrected chi connectivity index (χ4v) is 1.56. The number of hydrogen-bond acceptors (Lipinski definition) is 5. The molecule has 0 aliphatic heterocycles. The Morgan fingerprint density at radius 3 is 2.57 bits per heavy atom. The van der Waals surface area contributed by atoms with E-state index in [4.69, 9.17) is 22.7 Å². The van der Waals surface area contributed by atoms with E-state index in [-0.39, 0.29) is 0 Å². The lowest BCUT2D eigenvalue weighted by molar-refractivity contribution is 0.337. The SMILES string of the molecule is CCOC(=S)c1c(C)nc(C)nc1N. The molecule has 1 aromatic rings. The smallest absolute Gasteiger partial charge is 0.196 e. The van der Waals surface area contributed by atoms with Gasteiger partial charge in [-0.1, -0.05) is 0 Å². The van der Waals surface area contributed by atoms with Crippen LogP contribution in [-0.2, 0) is 4.74 Å². The van der Waals surface area contributed by atoms with Gasteiger partial charge in [0.15, 0.2) is 5.05 Å². The molecule has 0 saturated heterocycles. The highest BCUT2D eigenvalue weighted by Gasteiger charge is 2.12. The van der Waals surface area contributed by atoms with E-state index in [1.165, 1.54) is 0 Å². The summed E-state index contributed by atoms with van der Waals surface area (Å²) < 4.78 is 5.20. The van der Waals surface area contributed by atoms with Crippen LogP contribution in [0.2, 0.25) is 0 Å². The molecule has 0 spiro atoms. The average Bonchev–Trinajstić information content (AvgIpc) is 2.01. The quantitative estimate of drug-likeness (QED) is 0.749. The van der Waals surface area contributed by atoms with Crippen molar-refractivity contribution in [3.63, 3.8) is 0 Å². The number of ether oxygens (including phenoxy) is 1. The van der Waals surface area contributed by atoms with Gasteiger partial charge in [-0.05, 0) is 33.0 Å². The predicted octanol–water partition coefficient (Wildman–Crippen LogP) is 1.39. The van der Waals surface area contributed by atoms with Crippen molar-refractivity contribution in [2.24, 2.45) is 0 Å². The van der Waals surface area contributed by atoms with E-state index < -0.39 is 0 Å². The first-order valence-electron chi connectivity index (χ1n) is 4.34. The second-order valence-corrected chi connectivity index (χ2v) is 3.21. The van der Waals surface area contributed by atoms with Gasteiger partial charge < -0.3 is 10.5 Å². The molecule has 0 radical (unpaired) electrons. The van der Waals surface area contributed by atoms with Crippen molar-refractivity contribution in [1.29, 1.82) is 0 Å². The standard InChI is InChI=1S/C9H13N3OS/c1-4-13-9(14)7-5(2)11-6(3)12-8(7)10/h4H2,1-3H3,(H2,10,11,12). The Hall–Kier alpha value is -1.23. The number of nitrogens with two attached hydrogens (primary N) is 1. The van der Waals surface area contributed by atoms with Crippen molar-refractivity contribution in [2.75, 3.05) is 12.3 Å². The van der Waals surface area contributed by atoms with Crippen LogP contribution < -0.4 is 5.73 Å². The van der Waals surface area contributed by atoms with Crippen molar-refractivity contribution in [2.45, 2.75) is 20.8 Å². The number of thiocarbonyl (C=S) groups is 1. The second-order valence-electron chi connectivity index (χ2n) is 2.84. The summed E-state index contributed by atoms with van der Waals surface area (Å²) in [5.41, 5.74) is 7.12. The number of nitrogen functional groups attached to an aromatic ring is 1. The maximum absolute atomic E-state index is 5.73. The number of nitrogens with zero attached hydrogens (tertiary/aromatic N) is 2. The summed E-state index contributed by atoms with van der Waals surface area (Å²) in [5, 5.41) is 0.363. The van der Waals surface area contributed by atoms with E-state index in [1.54, 1.807) is 6.92 Å². The molecule has 0 atom stereocenters. The summed E-state index contributed by atoms with van der Waals surface area (Å²) in [7, 11) is 0. The van der Waals surface area contributed by atoms with Crippen LogP contribution in [0.4, 0.5) is 5.82 Å². The molecule has 0 aliphatic carbocycles. The van der Waals surface area contributed by atoms with E-state index in [2.05, 4.69) is 9.97 Å². The normalized spacial score (nSPS) is 9.93. The van der Waals surface area contributed by atoms with E-state index in [0.717, 1.165) is 5.69 Å². The molecule has 0 unspecified atom stereocenters. The van der Waals surface area contributed by atoms with Crippen molar-refractivity contribution < 1.29 is 4.74 Å². The third kappa shape index (κ3) is 2.17. The maximum atomic E-state index is 5.73. The summed E-state index contributed by atoms with van der Waals surface area (Å²) >= 11 is 5.06. The third-order valence-corrected chi connectivity index (χ3v) is 2.03. The first-order chi connectivity index (χ1) is 6.56. The zero-order valence-electron chi connectivity index (χ0n) is 8.50. The van der Waals surface area contributed by atoms with Crippen molar-refractivity contribution >= 4 is 23.1 Å². The molecule has 1 rings (SSSR count). The lowest BCUT2D eigenvalue weighted by Crippen LogP contribution is -2.12. The zero-order valence-corrected chi connectivity index (χ0v) is 9.31. The minimum absolute atomic E-state index is 0.363. The molecule has 76 valence electrons. The Morgan fingerprint density at radius 1 is 1.43 bits per heavy atom. The Bertz CT molecular complexity index is 342. The summed E-state index contributed by atoms with van der Waals surface area (Å²) in [4.78, 5) is 8.22. The number of aryl methyl sites for hydroxylation is 2. The van der Waals surface area contributed by atoms with Gasteiger partial charge in [0.2, 0.25) is 0 Å². The minimum Gasteiger partial charge on any atom is -0.483 e. The molecule has 5 heteroatoms. The zero-order chi connectivity index (χ0) is 10.7. The molecule has 0 amide bonds. The Kier molecular flexibility index (Phi) is 3.35. The van der Waals surface area contributed by atoms with Gasteiger partial charge in [0.25, 0.3) is 0 Å². The van der Waals surface area contributed by atoms with Gasteiger partial charge in [-0.25, -0.2) is 9.97 Å². The Morgan fingerprint density at radius 2 is 2.07 bits per heavy atom. The third-order valence-electron chi connectivity index (χ3n) is 1.71. The van der Waals surface area contributed by atoms with Gasteiger partial charge in [-0.3, -0.25) is 0 Å². The average molecular weight is 211 g/mol. The van der Waals surface area contributed by atoms with E-state index in [1.807, 2.05) is 13.8 Å². The van der Waals surface area contributed by atoms with Crippen LogP contribution in [-0.4, -0.2) is 21.6 Å². The fourth-order valence-electron chi connectivity index (χ4n) is 1.19. The summed E-state index contributed by atoms with van der Waals surface area (Å²) in [5.74, 6) is 1.02. The highest BCUT2D eigenvalue weighted by Crippen LogP contribution is 2.14. The first kappa shape index (κ1) is 10.8. The maximum Gasteiger partial charge on any atom is 0.196 e. The van der Waals surface area contributed by atoms with Gasteiger partial charge >= 0.3 is 0 Å². The highest BCUT2D eigenvalue weighted by molar-refractivity contribution is 7.80. The number of anilines is 1. The highest BCUT2D eigenvalue weighted by atomic mass is 32.1. The molecular formula is C9H13N3OS. The van der Waals surface area contributed by atoms with E-state index in [9.17, 15) is 0 Å². The van der Waals surface area contributed by atoms with Crippen molar-refractivity contribution in [1.82, 2.24) is 9.97 Å². The fraction of sp³-hybridized carbons (Fsp3) is 0.444. The molecule has 0 bridgehead atoms. The monoisotopic (exact) mass is 211 g/mol. The molecule has 4 nitrogen and oxygen atoms in total. The number of hydrogen-bond donors (Lipinski definition) is 1. The van der Waals surface area contributed by atoms with Gasteiger partial charge in [-0.15, -0.1) is 0 Å². The van der Waals surface area contributed by atoms with Crippen LogP contribution in [0.1, 0.15) is 24.0 Å². The van der Waals surface area contributed by atoms with Crippen LogP contribution in [0.3, 0.4) is 0 Å². The molecule has 2 N–H and O–H groups in total. The molecule has 14 heavy (non-hydrogen) atoms. The molecule has 1 heterocycles. The van der Waals surface area contributed by atoms with Crippen molar-refractivity contribution in [3.05, 3.63) is 17.1 Å². The van der Waals surface area contributed by atoms with Crippen LogP contribution >= 0.6 is 12.2 Å². The van der Waals surface area contributed by atoms with Crippen LogP contribution in [0.15, 0.2) is 0 Å². The molecule has 0 saturated carbocycles. The topological polar surface area (TPSA) is 61.0 Å². The molecule has 0 aliphatic rings. The van der Waals surface area contributed by atoms with Gasteiger partial charge in [-0.2, -0.15) is 0 Å². The second kappa shape index (κ2) is 4.32. The van der Waals surface area contributed by atoms with E-state index >= 15 is 0 Å². The minimum atomic E-state index is 0.363. The lowest BCUT2D eigenvalue weighted by atomic mass is 10.2. The predicted molar refractivity (Wildman–Crippen MR) is 59.2 cm³/mol. The molecule has 1 aromatic heterocycles. The Labute approximate surface area is 88.5 Å². The van der Waals surface area contributed by atoms with Crippen LogP contribution in [0, 0.1) is 13.8 Å². The first-order valence-corrected chi connectivity index (χ1v) is 4.75. The summed E-state index contributed by atoms with van der Waals surface area (Å²) in [6.45, 7) is 6.01. The number of aromatic nitrogens is 2. The molecular weight excluding hydrogens is 198 g/mol. The van der Waals surface area contributed by atoms with Crippen molar-refractivity contribution in [3.8, 4) is 0 Å². The van der Waals surface area contributed by atoms with E-state index in [0.29, 0.717) is 28.9 Å².